The molecule has 0 bridgehead atoms. The first kappa shape index (κ1) is 18.5. The van der Waals surface area contributed by atoms with Gasteiger partial charge >= 0.3 is 0 Å². The van der Waals surface area contributed by atoms with E-state index in [1.807, 2.05) is 36.4 Å². The van der Waals surface area contributed by atoms with Gasteiger partial charge < -0.3 is 5.11 Å². The zero-order valence-corrected chi connectivity index (χ0v) is 15.7. The number of hydrogen-bond acceptors (Lipinski definition) is 5. The summed E-state index contributed by atoms with van der Waals surface area (Å²) in [5.74, 6) is -0.332. The molecule has 0 radical (unpaired) electrons. The van der Waals surface area contributed by atoms with E-state index in [0.29, 0.717) is 16.8 Å². The maximum atomic E-state index is 12.1. The third-order valence-electron chi connectivity index (χ3n) is 3.50. The van der Waals surface area contributed by atoms with Gasteiger partial charge in [0, 0.05) is 15.6 Å². The van der Waals surface area contributed by atoms with Gasteiger partial charge in [0.1, 0.15) is 5.75 Å². The minimum Gasteiger partial charge on any atom is -0.507 e. The molecule has 7 heteroatoms. The van der Waals surface area contributed by atoms with Crippen LogP contribution >= 0.6 is 15.9 Å². The first-order valence-corrected chi connectivity index (χ1v) is 8.80. The smallest absolute Gasteiger partial charge is 0.271 e. The summed E-state index contributed by atoms with van der Waals surface area (Å²) in [7, 11) is 0. The molecule has 0 atom stereocenters. The van der Waals surface area contributed by atoms with Gasteiger partial charge in [-0.1, -0.05) is 40.2 Å². The number of amides is 1. The molecule has 0 spiro atoms. The maximum Gasteiger partial charge on any atom is 0.271 e. The van der Waals surface area contributed by atoms with Crippen molar-refractivity contribution in [3.05, 3.63) is 88.4 Å². The van der Waals surface area contributed by atoms with Gasteiger partial charge in [-0.05, 0) is 48.5 Å². The molecule has 0 aliphatic rings. The number of hydrogen-bond donors (Lipinski definition) is 2. The van der Waals surface area contributed by atoms with Crippen molar-refractivity contribution in [3.8, 4) is 5.75 Å². The number of phenols is 1. The molecule has 134 valence electrons. The molecule has 0 aliphatic carbocycles. The van der Waals surface area contributed by atoms with Crippen molar-refractivity contribution in [2.75, 3.05) is 0 Å². The Balaban J connectivity index is 1.70. The second kappa shape index (κ2) is 8.86. The summed E-state index contributed by atoms with van der Waals surface area (Å²) in [5, 5.41) is 22.1. The summed E-state index contributed by atoms with van der Waals surface area (Å²) < 4.78 is 0.799. The number of halogens is 1. The van der Waals surface area contributed by atoms with Crippen LogP contribution < -0.4 is 5.43 Å². The molecule has 27 heavy (non-hydrogen) atoms. The highest BCUT2D eigenvalue weighted by atomic mass is 79.9. The predicted molar refractivity (Wildman–Crippen MR) is 108 cm³/mol. The number of rotatable bonds is 5. The van der Waals surface area contributed by atoms with Crippen LogP contribution in [0.15, 0.2) is 92.6 Å². The second-order valence-electron chi connectivity index (χ2n) is 5.49. The van der Waals surface area contributed by atoms with Crippen molar-refractivity contribution in [1.29, 1.82) is 0 Å². The van der Waals surface area contributed by atoms with Crippen molar-refractivity contribution < 1.29 is 9.90 Å². The van der Waals surface area contributed by atoms with E-state index < -0.39 is 0 Å². The Kier molecular flexibility index (Phi) is 6.06. The summed E-state index contributed by atoms with van der Waals surface area (Å²) in [5.41, 5.74) is 4.58. The fraction of sp³-hybridized carbons (Fsp3) is 0. The molecule has 3 aromatic carbocycles. The van der Waals surface area contributed by atoms with Crippen LogP contribution in [0.1, 0.15) is 15.9 Å². The number of carbonyl (C=O) groups is 1. The quantitative estimate of drug-likeness (QED) is 0.330. The maximum absolute atomic E-state index is 12.1. The zero-order chi connectivity index (χ0) is 19.1. The molecule has 1 amide bonds. The topological polar surface area (TPSA) is 86.4 Å². The van der Waals surface area contributed by atoms with Gasteiger partial charge in [-0.15, -0.1) is 0 Å². The van der Waals surface area contributed by atoms with E-state index in [9.17, 15) is 9.90 Å². The normalized spacial score (nSPS) is 11.1. The van der Waals surface area contributed by atoms with Crippen molar-refractivity contribution in [2.24, 2.45) is 15.3 Å². The summed E-state index contributed by atoms with van der Waals surface area (Å²) in [6.07, 6.45) is 1.35. The molecule has 6 nitrogen and oxygen atoms in total. The lowest BCUT2D eigenvalue weighted by atomic mass is 10.2. The first-order chi connectivity index (χ1) is 13.1. The van der Waals surface area contributed by atoms with Gasteiger partial charge in [-0.3, -0.25) is 4.79 Å². The van der Waals surface area contributed by atoms with Gasteiger partial charge in [0.05, 0.1) is 17.6 Å². The van der Waals surface area contributed by atoms with Crippen LogP contribution in [0.25, 0.3) is 0 Å². The van der Waals surface area contributed by atoms with E-state index >= 15 is 0 Å². The van der Waals surface area contributed by atoms with E-state index in [-0.39, 0.29) is 11.7 Å². The van der Waals surface area contributed by atoms with Crippen LogP contribution in [-0.4, -0.2) is 17.2 Å². The monoisotopic (exact) mass is 422 g/mol. The van der Waals surface area contributed by atoms with E-state index in [4.69, 9.17) is 0 Å². The van der Waals surface area contributed by atoms with Crippen LogP contribution in [-0.2, 0) is 0 Å². The SMILES string of the molecule is O=C(NN=Cc1cc(N=Nc2ccccc2)ccc1O)c1cccc(Br)c1. The number of nitrogens with one attached hydrogen (secondary N) is 1. The molecule has 3 rings (SSSR count). The van der Waals surface area contributed by atoms with E-state index in [2.05, 4.69) is 36.7 Å². The van der Waals surface area contributed by atoms with Gasteiger partial charge in [-0.2, -0.15) is 15.3 Å². The molecule has 2 N–H and O–H groups in total. The Hall–Kier alpha value is -3.32. The number of nitrogens with zero attached hydrogens (tertiary/aromatic N) is 3. The fourth-order valence-corrected chi connectivity index (χ4v) is 2.57. The molecule has 0 unspecified atom stereocenters. The number of carbonyl (C=O) groups excluding carboxylic acids is 1. The van der Waals surface area contributed by atoms with Gasteiger partial charge in [0.15, 0.2) is 0 Å². The first-order valence-electron chi connectivity index (χ1n) is 8.00. The minimum atomic E-state index is -0.355. The minimum absolute atomic E-state index is 0.0223. The standard InChI is InChI=1S/C20H15BrN4O2/c21-16-6-4-5-14(11-16)20(27)25-22-13-15-12-18(9-10-19(15)26)24-23-17-7-2-1-3-8-17/h1-13,26H,(H,25,27). The predicted octanol–water partition coefficient (Wildman–Crippen LogP) is 5.33. The van der Waals surface area contributed by atoms with Crippen LogP contribution in [0.2, 0.25) is 0 Å². The Bertz CT molecular complexity index is 1000. The number of hydrazone groups is 1. The Morgan fingerprint density at radius 3 is 2.48 bits per heavy atom. The summed E-state index contributed by atoms with van der Waals surface area (Å²) in [6, 6.07) is 21.0. The summed E-state index contributed by atoms with van der Waals surface area (Å²) >= 11 is 3.31. The average molecular weight is 423 g/mol. The third kappa shape index (κ3) is 5.32. The van der Waals surface area contributed by atoms with Crippen molar-refractivity contribution in [1.82, 2.24) is 5.43 Å². The molecule has 0 aliphatic heterocycles. The van der Waals surface area contributed by atoms with E-state index in [1.54, 1.807) is 30.3 Å². The van der Waals surface area contributed by atoms with Gasteiger partial charge in [0.25, 0.3) is 5.91 Å². The number of benzene rings is 3. The lowest BCUT2D eigenvalue weighted by molar-refractivity contribution is 0.0955. The summed E-state index contributed by atoms with van der Waals surface area (Å²) in [6.45, 7) is 0. The molecule has 0 saturated carbocycles. The van der Waals surface area contributed by atoms with Crippen LogP contribution in [0.4, 0.5) is 11.4 Å². The average Bonchev–Trinajstić information content (AvgIpc) is 2.69. The molecular weight excluding hydrogens is 408 g/mol. The molecular formula is C20H15BrN4O2. The Morgan fingerprint density at radius 2 is 1.70 bits per heavy atom. The van der Waals surface area contributed by atoms with Gasteiger partial charge in [0.2, 0.25) is 0 Å². The van der Waals surface area contributed by atoms with Crippen molar-refractivity contribution in [2.45, 2.75) is 0 Å². The van der Waals surface area contributed by atoms with Crippen molar-refractivity contribution in [3.63, 3.8) is 0 Å². The lowest BCUT2D eigenvalue weighted by Crippen LogP contribution is -2.17. The molecule has 0 fully saturated rings. The largest absolute Gasteiger partial charge is 0.507 e. The number of phenolic OH excluding ortho intramolecular Hbond substituents is 1. The van der Waals surface area contributed by atoms with Crippen LogP contribution in [0.5, 0.6) is 5.75 Å². The van der Waals surface area contributed by atoms with E-state index in [1.165, 1.54) is 12.3 Å². The highest BCUT2D eigenvalue weighted by molar-refractivity contribution is 9.10. The second-order valence-corrected chi connectivity index (χ2v) is 6.40. The van der Waals surface area contributed by atoms with Crippen molar-refractivity contribution >= 4 is 39.4 Å². The fourth-order valence-electron chi connectivity index (χ4n) is 2.17. The molecule has 0 saturated heterocycles. The zero-order valence-electron chi connectivity index (χ0n) is 14.1. The molecule has 0 aromatic heterocycles. The Labute approximate surface area is 164 Å². The van der Waals surface area contributed by atoms with Crippen LogP contribution in [0, 0.1) is 0 Å². The van der Waals surface area contributed by atoms with Gasteiger partial charge in [-0.25, -0.2) is 5.43 Å². The highest BCUT2D eigenvalue weighted by Crippen LogP contribution is 2.24. The molecule has 0 heterocycles. The van der Waals surface area contributed by atoms with Crippen LogP contribution in [0.3, 0.4) is 0 Å². The number of aromatic hydroxyl groups is 1. The molecule has 3 aromatic rings. The number of azo groups is 1. The summed E-state index contributed by atoms with van der Waals surface area (Å²) in [4.78, 5) is 12.1. The highest BCUT2D eigenvalue weighted by Gasteiger charge is 2.05. The lowest BCUT2D eigenvalue weighted by Gasteiger charge is -2.02. The third-order valence-corrected chi connectivity index (χ3v) is 4.00. The van der Waals surface area contributed by atoms with E-state index in [0.717, 1.165) is 10.2 Å². The Morgan fingerprint density at radius 1 is 0.926 bits per heavy atom.